The summed E-state index contributed by atoms with van der Waals surface area (Å²) in [7, 11) is 0. The van der Waals surface area contributed by atoms with Crippen molar-refractivity contribution in [3.63, 3.8) is 0 Å². The third kappa shape index (κ3) is 2.26. The molecule has 1 aromatic heterocycles. The van der Waals surface area contributed by atoms with Crippen LogP contribution in [0.25, 0.3) is 0 Å². The van der Waals surface area contributed by atoms with Crippen LogP contribution in [-0.4, -0.2) is 35.9 Å². The molecule has 1 fully saturated rings. The summed E-state index contributed by atoms with van der Waals surface area (Å²) in [5, 5.41) is 6.66. The van der Waals surface area contributed by atoms with Crippen LogP contribution < -0.4 is 11.1 Å². The van der Waals surface area contributed by atoms with E-state index >= 15 is 0 Å². The van der Waals surface area contributed by atoms with Gasteiger partial charge in [-0.05, 0) is 27.2 Å². The molecule has 1 saturated carbocycles. The molecule has 0 radical (unpaired) electrons. The number of ether oxygens (including phenoxy) is 1. The van der Waals surface area contributed by atoms with Crippen LogP contribution in [0.5, 0.6) is 0 Å². The second kappa shape index (κ2) is 5.07. The molecule has 0 aliphatic heterocycles. The minimum atomic E-state index is -0.198. The molecular formula is C12H19N3O3. The summed E-state index contributed by atoms with van der Waals surface area (Å²) < 4.78 is 10.5. The van der Waals surface area contributed by atoms with Gasteiger partial charge in [0.1, 0.15) is 11.3 Å². The summed E-state index contributed by atoms with van der Waals surface area (Å²) in [6.07, 6.45) is 0.787. The van der Waals surface area contributed by atoms with E-state index in [1.807, 2.05) is 6.92 Å². The number of aryl methyl sites for hydroxylation is 2. The summed E-state index contributed by atoms with van der Waals surface area (Å²) in [5.41, 5.74) is 6.97. The lowest BCUT2D eigenvalue weighted by atomic mass is 9.83. The maximum absolute atomic E-state index is 12.1. The molecule has 1 aliphatic rings. The lowest BCUT2D eigenvalue weighted by Gasteiger charge is -2.42. The zero-order valence-electron chi connectivity index (χ0n) is 10.9. The van der Waals surface area contributed by atoms with E-state index in [9.17, 15) is 4.79 Å². The number of amides is 1. The van der Waals surface area contributed by atoms with E-state index in [1.54, 1.807) is 13.8 Å². The van der Waals surface area contributed by atoms with E-state index in [2.05, 4.69) is 10.5 Å². The number of aromatic nitrogens is 1. The standard InChI is InChI=1S/C12H19N3O3/c1-4-17-9-5-8(13)11(9)14-12(16)10-6(2)15-18-7(10)3/h8-9,11H,4-5,13H2,1-3H3,(H,14,16). The van der Waals surface area contributed by atoms with Crippen molar-refractivity contribution in [1.29, 1.82) is 0 Å². The number of carbonyl (C=O) groups excluding carboxylic acids is 1. The highest BCUT2D eigenvalue weighted by atomic mass is 16.5. The van der Waals surface area contributed by atoms with Crippen molar-refractivity contribution in [2.45, 2.75) is 45.4 Å². The molecule has 6 heteroatoms. The van der Waals surface area contributed by atoms with Gasteiger partial charge in [0.25, 0.3) is 5.91 Å². The summed E-state index contributed by atoms with van der Waals surface area (Å²) in [4.78, 5) is 12.1. The number of hydrogen-bond donors (Lipinski definition) is 2. The minimum absolute atomic E-state index is 0.00872. The average Bonchev–Trinajstić information content (AvgIpc) is 2.66. The Labute approximate surface area is 106 Å². The number of nitrogens with two attached hydrogens (primary N) is 1. The van der Waals surface area contributed by atoms with Crippen molar-refractivity contribution >= 4 is 5.91 Å². The molecule has 0 spiro atoms. The molecule has 100 valence electrons. The van der Waals surface area contributed by atoms with Crippen LogP contribution in [0.15, 0.2) is 4.52 Å². The Morgan fingerprint density at radius 1 is 1.61 bits per heavy atom. The van der Waals surface area contributed by atoms with Crippen molar-refractivity contribution in [3.8, 4) is 0 Å². The van der Waals surface area contributed by atoms with E-state index in [1.165, 1.54) is 0 Å². The van der Waals surface area contributed by atoms with Crippen LogP contribution in [0.3, 0.4) is 0 Å². The smallest absolute Gasteiger partial charge is 0.257 e. The molecule has 6 nitrogen and oxygen atoms in total. The minimum Gasteiger partial charge on any atom is -0.376 e. The molecule has 3 atom stereocenters. The Morgan fingerprint density at radius 2 is 2.33 bits per heavy atom. The van der Waals surface area contributed by atoms with E-state index in [-0.39, 0.29) is 24.1 Å². The normalized spacial score (nSPS) is 26.8. The molecule has 1 aromatic rings. The van der Waals surface area contributed by atoms with Crippen molar-refractivity contribution < 1.29 is 14.1 Å². The lowest BCUT2D eigenvalue weighted by molar-refractivity contribution is -0.0300. The fourth-order valence-corrected chi connectivity index (χ4v) is 2.26. The van der Waals surface area contributed by atoms with Gasteiger partial charge in [0.15, 0.2) is 0 Å². The fraction of sp³-hybridized carbons (Fsp3) is 0.667. The van der Waals surface area contributed by atoms with E-state index in [0.717, 1.165) is 6.42 Å². The molecule has 0 saturated heterocycles. The summed E-state index contributed by atoms with van der Waals surface area (Å²) in [5.74, 6) is 0.321. The monoisotopic (exact) mass is 253 g/mol. The topological polar surface area (TPSA) is 90.4 Å². The highest BCUT2D eigenvalue weighted by Crippen LogP contribution is 2.23. The number of nitrogens with zero attached hydrogens (tertiary/aromatic N) is 1. The predicted octanol–water partition coefficient (Wildman–Crippen LogP) is 0.526. The Balaban J connectivity index is 2.03. The zero-order chi connectivity index (χ0) is 13.3. The maximum Gasteiger partial charge on any atom is 0.257 e. The second-order valence-electron chi connectivity index (χ2n) is 4.59. The van der Waals surface area contributed by atoms with Crippen LogP contribution in [0, 0.1) is 13.8 Å². The van der Waals surface area contributed by atoms with Crippen molar-refractivity contribution in [1.82, 2.24) is 10.5 Å². The molecule has 3 unspecified atom stereocenters. The van der Waals surface area contributed by atoms with Crippen LogP contribution in [0.2, 0.25) is 0 Å². The van der Waals surface area contributed by atoms with Crippen LogP contribution >= 0.6 is 0 Å². The van der Waals surface area contributed by atoms with Gasteiger partial charge >= 0.3 is 0 Å². The van der Waals surface area contributed by atoms with Gasteiger partial charge in [-0.25, -0.2) is 0 Å². The van der Waals surface area contributed by atoms with Gasteiger partial charge in [-0.2, -0.15) is 0 Å². The van der Waals surface area contributed by atoms with Gasteiger partial charge in [0, 0.05) is 12.6 Å². The maximum atomic E-state index is 12.1. The largest absolute Gasteiger partial charge is 0.376 e. The molecule has 2 rings (SSSR count). The Kier molecular flexibility index (Phi) is 3.68. The predicted molar refractivity (Wildman–Crippen MR) is 65.2 cm³/mol. The molecule has 0 aromatic carbocycles. The first-order valence-electron chi connectivity index (χ1n) is 6.15. The van der Waals surface area contributed by atoms with E-state index in [0.29, 0.717) is 23.6 Å². The Morgan fingerprint density at radius 3 is 2.83 bits per heavy atom. The van der Waals surface area contributed by atoms with Crippen LogP contribution in [0.4, 0.5) is 0 Å². The average molecular weight is 253 g/mol. The third-order valence-corrected chi connectivity index (χ3v) is 3.31. The zero-order valence-corrected chi connectivity index (χ0v) is 10.9. The van der Waals surface area contributed by atoms with Crippen molar-refractivity contribution in [2.75, 3.05) is 6.61 Å². The number of rotatable bonds is 4. The van der Waals surface area contributed by atoms with Crippen molar-refractivity contribution in [3.05, 3.63) is 17.0 Å². The van der Waals surface area contributed by atoms with Gasteiger partial charge in [-0.3, -0.25) is 4.79 Å². The molecule has 1 aliphatic carbocycles. The Hall–Kier alpha value is -1.40. The first-order chi connectivity index (χ1) is 8.54. The second-order valence-corrected chi connectivity index (χ2v) is 4.59. The number of hydrogen-bond acceptors (Lipinski definition) is 5. The summed E-state index contributed by atoms with van der Waals surface area (Å²) in [6, 6.07) is -0.183. The van der Waals surface area contributed by atoms with Crippen LogP contribution in [-0.2, 0) is 4.74 Å². The van der Waals surface area contributed by atoms with Gasteiger partial charge in [0.05, 0.1) is 17.8 Å². The van der Waals surface area contributed by atoms with Gasteiger partial charge in [-0.1, -0.05) is 5.16 Å². The van der Waals surface area contributed by atoms with Gasteiger partial charge < -0.3 is 20.3 Å². The lowest BCUT2D eigenvalue weighted by Crippen LogP contribution is -2.64. The number of carbonyl (C=O) groups is 1. The van der Waals surface area contributed by atoms with Gasteiger partial charge in [-0.15, -0.1) is 0 Å². The first kappa shape index (κ1) is 13.0. The number of nitrogens with one attached hydrogen (secondary N) is 1. The fourth-order valence-electron chi connectivity index (χ4n) is 2.26. The highest BCUT2D eigenvalue weighted by molar-refractivity contribution is 5.96. The molecule has 3 N–H and O–H groups in total. The molecule has 1 heterocycles. The Bertz CT molecular complexity index is 422. The first-order valence-corrected chi connectivity index (χ1v) is 6.15. The highest BCUT2D eigenvalue weighted by Gasteiger charge is 2.41. The third-order valence-electron chi connectivity index (χ3n) is 3.31. The van der Waals surface area contributed by atoms with E-state index in [4.69, 9.17) is 15.0 Å². The molecule has 1 amide bonds. The SMILES string of the molecule is CCOC1CC(N)C1NC(=O)c1c(C)noc1C. The van der Waals surface area contributed by atoms with Crippen LogP contribution in [0.1, 0.15) is 35.2 Å². The molecular weight excluding hydrogens is 234 g/mol. The molecule has 18 heavy (non-hydrogen) atoms. The summed E-state index contributed by atoms with van der Waals surface area (Å²) >= 11 is 0. The van der Waals surface area contributed by atoms with Gasteiger partial charge in [0.2, 0.25) is 0 Å². The molecule has 0 bridgehead atoms. The van der Waals surface area contributed by atoms with E-state index < -0.39 is 0 Å². The summed E-state index contributed by atoms with van der Waals surface area (Å²) in [6.45, 7) is 6.01. The van der Waals surface area contributed by atoms with Crippen molar-refractivity contribution in [2.24, 2.45) is 5.73 Å². The quantitative estimate of drug-likeness (QED) is 0.816.